The van der Waals surface area contributed by atoms with Crippen molar-refractivity contribution in [2.75, 3.05) is 45.9 Å². The maximum atomic E-state index is 5.73. The van der Waals surface area contributed by atoms with E-state index in [1.54, 1.807) is 0 Å². The van der Waals surface area contributed by atoms with Crippen molar-refractivity contribution in [3.8, 4) is 0 Å². The van der Waals surface area contributed by atoms with Crippen LogP contribution < -0.4 is 5.32 Å². The van der Waals surface area contributed by atoms with Gasteiger partial charge in [-0.05, 0) is 45.8 Å². The second-order valence-corrected chi connectivity index (χ2v) is 6.26. The van der Waals surface area contributed by atoms with E-state index in [0.717, 1.165) is 19.2 Å². The third-order valence-corrected chi connectivity index (χ3v) is 4.99. The highest BCUT2D eigenvalue weighted by Gasteiger charge is 2.26. The molecule has 3 unspecified atom stereocenters. The molecule has 2 heterocycles. The van der Waals surface area contributed by atoms with E-state index in [9.17, 15) is 0 Å². The molecule has 0 bridgehead atoms. The van der Waals surface area contributed by atoms with Crippen LogP contribution in [0.1, 0.15) is 40.0 Å². The van der Waals surface area contributed by atoms with Crippen molar-refractivity contribution in [3.05, 3.63) is 0 Å². The number of nitrogens with one attached hydrogen (secondary N) is 1. The molecular weight excluding hydrogens is 250 g/mol. The van der Waals surface area contributed by atoms with Gasteiger partial charge in [-0.3, -0.25) is 4.90 Å². The molecule has 20 heavy (non-hydrogen) atoms. The molecule has 2 aliphatic rings. The number of likely N-dealkylation sites (tertiary alicyclic amines) is 1. The van der Waals surface area contributed by atoms with Crippen LogP contribution in [0.5, 0.6) is 0 Å². The molecule has 0 aromatic carbocycles. The van der Waals surface area contributed by atoms with Gasteiger partial charge in [0.05, 0.1) is 6.10 Å². The van der Waals surface area contributed by atoms with Crippen LogP contribution in [0, 0.1) is 0 Å². The molecule has 2 rings (SSSR count). The van der Waals surface area contributed by atoms with Crippen LogP contribution >= 0.6 is 0 Å². The molecule has 0 spiro atoms. The highest BCUT2D eigenvalue weighted by Crippen LogP contribution is 2.16. The fourth-order valence-corrected chi connectivity index (χ4v) is 3.63. The van der Waals surface area contributed by atoms with Gasteiger partial charge >= 0.3 is 0 Å². The molecule has 3 atom stereocenters. The fourth-order valence-electron chi connectivity index (χ4n) is 3.63. The van der Waals surface area contributed by atoms with Crippen LogP contribution in [0.25, 0.3) is 0 Å². The standard InChI is InChI=1S/C16H33N3O/c1-4-19(5-2)15-8-10-18(13-15)11-9-17-14(3)16-7-6-12-20-16/h14-17H,4-13H2,1-3H3. The summed E-state index contributed by atoms with van der Waals surface area (Å²) >= 11 is 0. The van der Waals surface area contributed by atoms with Gasteiger partial charge in [0.2, 0.25) is 0 Å². The predicted octanol–water partition coefficient (Wildman–Crippen LogP) is 1.56. The van der Waals surface area contributed by atoms with Gasteiger partial charge in [-0.15, -0.1) is 0 Å². The van der Waals surface area contributed by atoms with Crippen LogP contribution in [-0.2, 0) is 4.74 Å². The largest absolute Gasteiger partial charge is 0.377 e. The molecular formula is C16H33N3O. The summed E-state index contributed by atoms with van der Waals surface area (Å²) in [6, 6.07) is 1.28. The van der Waals surface area contributed by atoms with Gasteiger partial charge in [-0.1, -0.05) is 13.8 Å². The SMILES string of the molecule is CCN(CC)C1CCN(CCNC(C)C2CCCO2)C1. The molecule has 1 N–H and O–H groups in total. The van der Waals surface area contributed by atoms with Crippen molar-refractivity contribution < 1.29 is 4.74 Å². The van der Waals surface area contributed by atoms with Gasteiger partial charge in [-0.2, -0.15) is 0 Å². The van der Waals surface area contributed by atoms with Crippen molar-refractivity contribution in [1.82, 2.24) is 15.1 Å². The van der Waals surface area contributed by atoms with Crippen molar-refractivity contribution in [1.29, 1.82) is 0 Å². The van der Waals surface area contributed by atoms with Crippen LogP contribution in [0.4, 0.5) is 0 Å². The molecule has 4 nitrogen and oxygen atoms in total. The third kappa shape index (κ3) is 4.42. The van der Waals surface area contributed by atoms with Gasteiger partial charge < -0.3 is 15.0 Å². The molecule has 0 aromatic heterocycles. The summed E-state index contributed by atoms with van der Waals surface area (Å²) in [5.74, 6) is 0. The van der Waals surface area contributed by atoms with Gasteiger partial charge in [0, 0.05) is 38.3 Å². The maximum Gasteiger partial charge on any atom is 0.0726 e. The Morgan fingerprint density at radius 2 is 2.10 bits per heavy atom. The topological polar surface area (TPSA) is 27.7 Å². The average Bonchev–Trinajstić information content (AvgIpc) is 3.11. The molecule has 0 radical (unpaired) electrons. The minimum absolute atomic E-state index is 0.442. The van der Waals surface area contributed by atoms with E-state index in [1.165, 1.54) is 52.0 Å². The average molecular weight is 283 g/mol. The van der Waals surface area contributed by atoms with E-state index in [2.05, 4.69) is 35.9 Å². The van der Waals surface area contributed by atoms with Gasteiger partial charge in [0.1, 0.15) is 0 Å². The lowest BCUT2D eigenvalue weighted by Gasteiger charge is -2.26. The van der Waals surface area contributed by atoms with Crippen molar-refractivity contribution in [2.24, 2.45) is 0 Å². The Bertz CT molecular complexity index is 264. The maximum absolute atomic E-state index is 5.73. The van der Waals surface area contributed by atoms with Gasteiger partial charge in [-0.25, -0.2) is 0 Å². The van der Waals surface area contributed by atoms with E-state index in [-0.39, 0.29) is 0 Å². The van der Waals surface area contributed by atoms with Crippen molar-refractivity contribution in [2.45, 2.75) is 58.2 Å². The summed E-state index contributed by atoms with van der Waals surface area (Å²) in [7, 11) is 0. The molecule has 4 heteroatoms. The van der Waals surface area contributed by atoms with E-state index < -0.39 is 0 Å². The minimum Gasteiger partial charge on any atom is -0.377 e. The number of hydrogen-bond acceptors (Lipinski definition) is 4. The van der Waals surface area contributed by atoms with E-state index >= 15 is 0 Å². The Morgan fingerprint density at radius 1 is 1.30 bits per heavy atom. The smallest absolute Gasteiger partial charge is 0.0726 e. The first kappa shape index (κ1) is 16.2. The second kappa shape index (κ2) is 8.32. The molecule has 0 aromatic rings. The Hall–Kier alpha value is -0.160. The lowest BCUT2D eigenvalue weighted by Crippen LogP contribution is -2.42. The highest BCUT2D eigenvalue weighted by molar-refractivity contribution is 4.83. The summed E-state index contributed by atoms with van der Waals surface area (Å²) in [6.45, 7) is 14.9. The number of ether oxygens (including phenoxy) is 1. The van der Waals surface area contributed by atoms with Gasteiger partial charge in [0.15, 0.2) is 0 Å². The van der Waals surface area contributed by atoms with E-state index in [0.29, 0.717) is 12.1 Å². The monoisotopic (exact) mass is 283 g/mol. The quantitative estimate of drug-likeness (QED) is 0.732. The number of likely N-dealkylation sites (N-methyl/N-ethyl adjacent to an activating group) is 1. The van der Waals surface area contributed by atoms with E-state index in [1.807, 2.05) is 0 Å². The molecule has 2 aliphatic heterocycles. The van der Waals surface area contributed by atoms with Crippen LogP contribution in [0.3, 0.4) is 0 Å². The second-order valence-electron chi connectivity index (χ2n) is 6.26. The normalized spacial score (nSPS) is 29.4. The summed E-state index contributed by atoms with van der Waals surface area (Å²) in [4.78, 5) is 5.21. The number of hydrogen-bond donors (Lipinski definition) is 1. The first-order valence-electron chi connectivity index (χ1n) is 8.56. The lowest BCUT2D eigenvalue weighted by molar-refractivity contribution is 0.0828. The molecule has 0 aliphatic carbocycles. The Kier molecular flexibility index (Phi) is 6.75. The lowest BCUT2D eigenvalue weighted by atomic mass is 10.1. The van der Waals surface area contributed by atoms with Crippen LogP contribution in [0.15, 0.2) is 0 Å². The zero-order chi connectivity index (χ0) is 14.4. The summed E-state index contributed by atoms with van der Waals surface area (Å²) in [5, 5.41) is 3.64. The molecule has 118 valence electrons. The highest BCUT2D eigenvalue weighted by atomic mass is 16.5. The molecule has 2 saturated heterocycles. The zero-order valence-electron chi connectivity index (χ0n) is 13.6. The first-order chi connectivity index (χ1) is 9.74. The van der Waals surface area contributed by atoms with Crippen LogP contribution in [-0.4, -0.2) is 73.9 Å². The van der Waals surface area contributed by atoms with E-state index in [4.69, 9.17) is 4.74 Å². The summed E-state index contributed by atoms with van der Waals surface area (Å²) in [6.07, 6.45) is 4.23. The van der Waals surface area contributed by atoms with Crippen LogP contribution in [0.2, 0.25) is 0 Å². The Balaban J connectivity index is 1.60. The number of rotatable bonds is 8. The summed E-state index contributed by atoms with van der Waals surface area (Å²) in [5.41, 5.74) is 0. The zero-order valence-corrected chi connectivity index (χ0v) is 13.6. The van der Waals surface area contributed by atoms with Crippen molar-refractivity contribution in [3.63, 3.8) is 0 Å². The molecule has 0 amide bonds. The fraction of sp³-hybridized carbons (Fsp3) is 1.00. The molecule has 2 fully saturated rings. The molecule has 0 saturated carbocycles. The van der Waals surface area contributed by atoms with Crippen molar-refractivity contribution >= 4 is 0 Å². The predicted molar refractivity (Wildman–Crippen MR) is 84.2 cm³/mol. The Labute approximate surface area is 124 Å². The third-order valence-electron chi connectivity index (χ3n) is 4.99. The van der Waals surface area contributed by atoms with Gasteiger partial charge in [0.25, 0.3) is 0 Å². The summed E-state index contributed by atoms with van der Waals surface area (Å²) < 4.78 is 5.73. The number of nitrogens with zero attached hydrogens (tertiary/aromatic N) is 2. The minimum atomic E-state index is 0.442. The Morgan fingerprint density at radius 3 is 2.75 bits per heavy atom. The first-order valence-corrected chi connectivity index (χ1v) is 8.56.